The molecule has 0 spiro atoms. The SMILES string of the molecule is CCOC(=O)CCc1ccc(C[N+]2(C)[C@@H]3CC[C@H]2C[C@H](OC(=O)C(O)(c2ccsc2)c2ccsc2)C3)cc1.[Br-]. The molecule has 0 aliphatic carbocycles. The lowest BCUT2D eigenvalue weighted by Crippen LogP contribution is -3.00. The third-order valence-electron chi connectivity index (χ3n) is 8.49. The number of hydrogen-bond acceptors (Lipinski definition) is 7. The Morgan fingerprint density at radius 1 is 0.974 bits per heavy atom. The molecule has 1 unspecified atom stereocenters. The first kappa shape index (κ1) is 29.9. The van der Waals surface area contributed by atoms with E-state index in [1.54, 1.807) is 12.1 Å². The van der Waals surface area contributed by atoms with E-state index in [-0.39, 0.29) is 29.1 Å². The minimum Gasteiger partial charge on any atom is -1.00 e. The zero-order valence-corrected chi connectivity index (χ0v) is 25.6. The molecule has 6 nitrogen and oxygen atoms in total. The molecule has 0 amide bonds. The zero-order valence-electron chi connectivity index (χ0n) is 22.4. The molecule has 2 bridgehead atoms. The molecule has 2 aliphatic rings. The third-order valence-corrected chi connectivity index (χ3v) is 9.85. The highest BCUT2D eigenvalue weighted by Crippen LogP contribution is 2.44. The van der Waals surface area contributed by atoms with Gasteiger partial charge < -0.3 is 36.0 Å². The van der Waals surface area contributed by atoms with Crippen molar-refractivity contribution in [2.24, 2.45) is 0 Å². The van der Waals surface area contributed by atoms with Gasteiger partial charge in [0.2, 0.25) is 5.60 Å². The van der Waals surface area contributed by atoms with Crippen molar-refractivity contribution in [2.75, 3.05) is 13.7 Å². The van der Waals surface area contributed by atoms with Gasteiger partial charge in [0.05, 0.1) is 25.7 Å². The van der Waals surface area contributed by atoms with E-state index in [0.717, 1.165) is 42.3 Å². The summed E-state index contributed by atoms with van der Waals surface area (Å²) in [5.41, 5.74) is 1.78. The molecule has 3 aromatic rings. The van der Waals surface area contributed by atoms with E-state index in [1.165, 1.54) is 28.2 Å². The zero-order chi connectivity index (χ0) is 26.8. The Morgan fingerprint density at radius 3 is 2.05 bits per heavy atom. The number of benzene rings is 1. The van der Waals surface area contributed by atoms with Crippen molar-refractivity contribution in [3.63, 3.8) is 0 Å². The maximum Gasteiger partial charge on any atom is 0.348 e. The molecule has 9 heteroatoms. The first-order valence-corrected chi connectivity index (χ1v) is 15.3. The molecule has 1 aromatic carbocycles. The van der Waals surface area contributed by atoms with Gasteiger partial charge >= 0.3 is 11.9 Å². The lowest BCUT2D eigenvalue weighted by Gasteiger charge is -2.47. The van der Waals surface area contributed by atoms with Gasteiger partial charge in [0, 0.05) is 48.8 Å². The van der Waals surface area contributed by atoms with E-state index in [4.69, 9.17) is 9.47 Å². The fourth-order valence-electron chi connectivity index (χ4n) is 6.31. The monoisotopic (exact) mass is 633 g/mol. The normalized spacial score (nSPS) is 24.1. The topological polar surface area (TPSA) is 72.8 Å². The molecular weight excluding hydrogens is 598 g/mol. The predicted molar refractivity (Wildman–Crippen MR) is 149 cm³/mol. The first-order chi connectivity index (χ1) is 18.3. The highest BCUT2D eigenvalue weighted by Gasteiger charge is 2.53. The van der Waals surface area contributed by atoms with Crippen LogP contribution in [0.4, 0.5) is 0 Å². The largest absolute Gasteiger partial charge is 1.00 e. The van der Waals surface area contributed by atoms with Crippen molar-refractivity contribution < 1.29 is 45.6 Å². The Balaban J connectivity index is 0.00000353. The quantitative estimate of drug-likeness (QED) is 0.274. The number of nitrogens with zero attached hydrogens (tertiary/aromatic N) is 1. The maximum atomic E-state index is 13.5. The average molecular weight is 635 g/mol. The average Bonchev–Trinajstić information content (AvgIpc) is 3.66. The van der Waals surface area contributed by atoms with Crippen LogP contribution in [0, 0.1) is 0 Å². The summed E-state index contributed by atoms with van der Waals surface area (Å²) in [7, 11) is 2.34. The Kier molecular flexibility index (Phi) is 9.70. The second-order valence-electron chi connectivity index (χ2n) is 10.7. The number of rotatable bonds is 10. The number of quaternary nitrogens is 1. The predicted octanol–water partition coefficient (Wildman–Crippen LogP) is 2.43. The smallest absolute Gasteiger partial charge is 0.348 e. The van der Waals surface area contributed by atoms with Gasteiger partial charge in [0.15, 0.2) is 0 Å². The van der Waals surface area contributed by atoms with Crippen LogP contribution in [0.3, 0.4) is 0 Å². The number of ether oxygens (including phenoxy) is 2. The number of fused-ring (bicyclic) bond motifs is 2. The number of thiophene rings is 2. The van der Waals surface area contributed by atoms with Gasteiger partial charge in [-0.1, -0.05) is 24.3 Å². The standard InChI is InChI=1S/C30H36NO5S2.BrH/c1-3-35-28(32)11-8-21-4-6-22(7-5-21)18-31(2)25-9-10-26(31)17-27(16-25)36-29(33)30(34,23-12-14-37-19-23)24-13-15-38-20-24;/h4-7,12-15,19-20,25-27,34H,3,8-11,16-18H2,1-2H3;1H/q+1;/p-1/t25-,26+,27-,31?;. The number of piperidine rings is 1. The summed E-state index contributed by atoms with van der Waals surface area (Å²) in [6, 6.07) is 13.0. The van der Waals surface area contributed by atoms with E-state index < -0.39 is 11.6 Å². The molecule has 4 heterocycles. The third kappa shape index (κ3) is 6.17. The Labute approximate surface area is 248 Å². The van der Waals surface area contributed by atoms with Crippen LogP contribution in [0.15, 0.2) is 57.9 Å². The van der Waals surface area contributed by atoms with Crippen molar-refractivity contribution in [1.29, 1.82) is 0 Å². The lowest BCUT2D eigenvalue weighted by molar-refractivity contribution is -0.961. The van der Waals surface area contributed by atoms with Crippen LogP contribution in [0.1, 0.15) is 61.3 Å². The van der Waals surface area contributed by atoms with Crippen molar-refractivity contribution in [3.8, 4) is 0 Å². The fraction of sp³-hybridized carbons (Fsp3) is 0.467. The Morgan fingerprint density at radius 2 is 1.54 bits per heavy atom. The van der Waals surface area contributed by atoms with Gasteiger partial charge in [0.1, 0.15) is 12.6 Å². The maximum absolute atomic E-state index is 13.5. The molecule has 0 saturated carbocycles. The number of hydrogen-bond donors (Lipinski definition) is 1. The minimum absolute atomic E-state index is 0. The van der Waals surface area contributed by atoms with E-state index >= 15 is 0 Å². The highest BCUT2D eigenvalue weighted by atomic mass is 79.9. The van der Waals surface area contributed by atoms with Gasteiger partial charge in [-0.3, -0.25) is 4.79 Å². The fourth-order valence-corrected chi connectivity index (χ4v) is 7.71. The molecule has 210 valence electrons. The van der Waals surface area contributed by atoms with E-state index in [9.17, 15) is 14.7 Å². The van der Waals surface area contributed by atoms with Gasteiger partial charge in [-0.05, 0) is 52.6 Å². The highest BCUT2D eigenvalue weighted by molar-refractivity contribution is 7.08. The van der Waals surface area contributed by atoms with Crippen molar-refractivity contribution in [1.82, 2.24) is 0 Å². The van der Waals surface area contributed by atoms with Crippen LogP contribution in [-0.4, -0.2) is 53.4 Å². The number of carbonyl (C=O) groups is 2. The van der Waals surface area contributed by atoms with Crippen molar-refractivity contribution >= 4 is 34.6 Å². The minimum atomic E-state index is -1.77. The molecule has 2 aromatic heterocycles. The van der Waals surface area contributed by atoms with Crippen LogP contribution in [0.5, 0.6) is 0 Å². The van der Waals surface area contributed by atoms with Crippen LogP contribution < -0.4 is 17.0 Å². The van der Waals surface area contributed by atoms with Crippen LogP contribution in [0.2, 0.25) is 0 Å². The summed E-state index contributed by atoms with van der Waals surface area (Å²) in [6.07, 6.45) is 4.74. The van der Waals surface area contributed by atoms with Gasteiger partial charge in [-0.2, -0.15) is 22.7 Å². The molecule has 2 fully saturated rings. The Bertz CT molecular complexity index is 1180. The molecule has 5 rings (SSSR count). The van der Waals surface area contributed by atoms with E-state index in [1.807, 2.05) is 28.4 Å². The summed E-state index contributed by atoms with van der Waals surface area (Å²) in [6.45, 7) is 3.18. The van der Waals surface area contributed by atoms with E-state index in [2.05, 4.69) is 31.3 Å². The van der Waals surface area contributed by atoms with Crippen molar-refractivity contribution in [2.45, 2.75) is 75.8 Å². The summed E-state index contributed by atoms with van der Waals surface area (Å²) in [5.74, 6) is -0.730. The molecule has 2 saturated heterocycles. The molecule has 0 radical (unpaired) electrons. The first-order valence-electron chi connectivity index (χ1n) is 13.4. The molecule has 4 atom stereocenters. The van der Waals surface area contributed by atoms with E-state index in [0.29, 0.717) is 42.7 Å². The molecule has 2 aliphatic heterocycles. The number of halogens is 1. The number of carbonyl (C=O) groups excluding carboxylic acids is 2. The van der Waals surface area contributed by atoms with Crippen LogP contribution >= 0.6 is 22.7 Å². The van der Waals surface area contributed by atoms with Gasteiger partial charge in [0.25, 0.3) is 0 Å². The van der Waals surface area contributed by atoms with Crippen LogP contribution in [-0.2, 0) is 37.6 Å². The molecular formula is C30H36BrNO5S2. The second-order valence-corrected chi connectivity index (χ2v) is 12.3. The van der Waals surface area contributed by atoms with Gasteiger partial charge in [-0.25, -0.2) is 4.79 Å². The number of aliphatic hydroxyl groups is 1. The van der Waals surface area contributed by atoms with Crippen LogP contribution in [0.25, 0.3) is 0 Å². The Hall–Kier alpha value is -2.04. The summed E-state index contributed by atoms with van der Waals surface area (Å²) in [5, 5.41) is 19.0. The molecule has 1 N–H and O–H groups in total. The second kappa shape index (κ2) is 12.6. The van der Waals surface area contributed by atoms with Crippen molar-refractivity contribution in [3.05, 3.63) is 80.2 Å². The number of esters is 2. The molecule has 39 heavy (non-hydrogen) atoms. The summed E-state index contributed by atoms with van der Waals surface area (Å²) < 4.78 is 12.1. The number of aryl methyl sites for hydroxylation is 1. The summed E-state index contributed by atoms with van der Waals surface area (Å²) in [4.78, 5) is 25.1. The lowest BCUT2D eigenvalue weighted by atomic mass is 9.89. The summed E-state index contributed by atoms with van der Waals surface area (Å²) >= 11 is 2.92. The van der Waals surface area contributed by atoms with Gasteiger partial charge in [-0.15, -0.1) is 0 Å².